The molecule has 6 heteroatoms. The molecule has 0 unspecified atom stereocenters. The van der Waals surface area contributed by atoms with Crippen LogP contribution >= 0.6 is 11.6 Å². The van der Waals surface area contributed by atoms with Crippen LogP contribution in [0.3, 0.4) is 0 Å². The molecule has 128 valence electrons. The van der Waals surface area contributed by atoms with Crippen molar-refractivity contribution in [2.45, 2.75) is 38.6 Å². The van der Waals surface area contributed by atoms with E-state index in [4.69, 9.17) is 16.1 Å². The second kappa shape index (κ2) is 6.15. The van der Waals surface area contributed by atoms with Gasteiger partial charge in [-0.3, -0.25) is 4.79 Å². The van der Waals surface area contributed by atoms with E-state index in [2.05, 4.69) is 15.5 Å². The van der Waals surface area contributed by atoms with Gasteiger partial charge >= 0.3 is 0 Å². The number of carbonyl (C=O) groups excluding carboxylic acids is 1. The fraction of sp³-hybridized carbons (Fsp3) is 0.316. The third-order valence-electron chi connectivity index (χ3n) is 4.57. The minimum atomic E-state index is -0.168. The molecule has 25 heavy (non-hydrogen) atoms. The zero-order chi connectivity index (χ0) is 17.6. The lowest BCUT2D eigenvalue weighted by atomic mass is 10.1. The van der Waals surface area contributed by atoms with Gasteiger partial charge in [-0.15, -0.1) is 0 Å². The molecule has 1 fully saturated rings. The van der Waals surface area contributed by atoms with E-state index >= 15 is 0 Å². The van der Waals surface area contributed by atoms with Crippen molar-refractivity contribution < 1.29 is 9.32 Å². The Labute approximate surface area is 150 Å². The van der Waals surface area contributed by atoms with Gasteiger partial charge in [0.2, 0.25) is 0 Å². The maximum Gasteiger partial charge on any atom is 0.259 e. The average molecular weight is 356 g/mol. The van der Waals surface area contributed by atoms with E-state index in [1.165, 1.54) is 0 Å². The van der Waals surface area contributed by atoms with Crippen molar-refractivity contribution in [3.05, 3.63) is 57.9 Å². The number of benzene rings is 1. The summed E-state index contributed by atoms with van der Waals surface area (Å²) in [5, 5.41) is 8.34. The van der Waals surface area contributed by atoms with Gasteiger partial charge in [0, 0.05) is 16.6 Å². The molecule has 0 radical (unpaired) electrons. The monoisotopic (exact) mass is 355 g/mol. The number of aryl methyl sites for hydroxylation is 1. The molecule has 0 bridgehead atoms. The lowest BCUT2D eigenvalue weighted by Crippen LogP contribution is -2.27. The molecule has 4 rings (SSSR count). The molecule has 0 spiro atoms. The summed E-state index contributed by atoms with van der Waals surface area (Å²) in [5.74, 6) is 0.264. The van der Waals surface area contributed by atoms with Gasteiger partial charge in [0.25, 0.3) is 11.6 Å². The first-order valence-electron chi connectivity index (χ1n) is 8.36. The molecule has 1 amide bonds. The molecule has 2 aromatic heterocycles. The number of amides is 1. The van der Waals surface area contributed by atoms with Crippen LogP contribution in [0, 0.1) is 6.92 Å². The summed E-state index contributed by atoms with van der Waals surface area (Å²) < 4.78 is 5.30. The normalized spacial score (nSPS) is 15.3. The SMILES string of the molecule is Cc1noc2nc(C3CC3)cc(C(=O)N[C@H](C)c3cccc(Cl)c3)c12. The summed E-state index contributed by atoms with van der Waals surface area (Å²) in [6, 6.07) is 9.20. The smallest absolute Gasteiger partial charge is 0.259 e. The first-order chi connectivity index (χ1) is 12.0. The molecule has 2 heterocycles. The van der Waals surface area contributed by atoms with Gasteiger partial charge in [0.1, 0.15) is 0 Å². The fourth-order valence-electron chi connectivity index (χ4n) is 3.01. The summed E-state index contributed by atoms with van der Waals surface area (Å²) in [7, 11) is 0. The van der Waals surface area contributed by atoms with Crippen LogP contribution in [0.25, 0.3) is 11.1 Å². The van der Waals surface area contributed by atoms with Crippen LogP contribution in [0.15, 0.2) is 34.9 Å². The highest BCUT2D eigenvalue weighted by Gasteiger charge is 2.29. The van der Waals surface area contributed by atoms with Crippen molar-refractivity contribution >= 4 is 28.6 Å². The average Bonchev–Trinajstić information content (AvgIpc) is 3.38. The predicted octanol–water partition coefficient (Wildman–Crippen LogP) is 4.55. The third-order valence-corrected chi connectivity index (χ3v) is 4.81. The number of rotatable bonds is 4. The van der Waals surface area contributed by atoms with Gasteiger partial charge in [-0.25, -0.2) is 4.98 Å². The molecular weight excluding hydrogens is 338 g/mol. The van der Waals surface area contributed by atoms with Gasteiger partial charge in [0.15, 0.2) is 0 Å². The standard InChI is InChI=1S/C19H18ClN3O2/c1-10(13-4-3-5-14(20)8-13)21-18(24)15-9-16(12-6-7-12)22-19-17(15)11(2)23-25-19/h3-5,8-10,12H,6-7H2,1-2H3,(H,21,24)/t10-/m1/s1. The Morgan fingerprint density at radius 2 is 2.16 bits per heavy atom. The Hall–Kier alpha value is -2.40. The topological polar surface area (TPSA) is 68.0 Å². The zero-order valence-corrected chi connectivity index (χ0v) is 14.8. The number of hydrogen-bond donors (Lipinski definition) is 1. The lowest BCUT2D eigenvalue weighted by molar-refractivity contribution is 0.0941. The summed E-state index contributed by atoms with van der Waals surface area (Å²) in [6.45, 7) is 3.76. The molecule has 1 N–H and O–H groups in total. The minimum absolute atomic E-state index is 0.159. The molecular formula is C19H18ClN3O2. The Morgan fingerprint density at radius 1 is 1.36 bits per heavy atom. The van der Waals surface area contributed by atoms with E-state index in [1.54, 1.807) is 0 Å². The van der Waals surface area contributed by atoms with Crippen molar-refractivity contribution in [2.75, 3.05) is 0 Å². The highest BCUT2D eigenvalue weighted by atomic mass is 35.5. The molecule has 1 atom stereocenters. The predicted molar refractivity (Wildman–Crippen MR) is 95.8 cm³/mol. The van der Waals surface area contributed by atoms with E-state index in [0.29, 0.717) is 33.3 Å². The maximum absolute atomic E-state index is 12.9. The molecule has 3 aromatic rings. The van der Waals surface area contributed by atoms with E-state index in [-0.39, 0.29) is 11.9 Å². The number of fused-ring (bicyclic) bond motifs is 1. The van der Waals surface area contributed by atoms with Gasteiger partial charge in [-0.05, 0) is 50.5 Å². The van der Waals surface area contributed by atoms with E-state index in [1.807, 2.05) is 44.2 Å². The van der Waals surface area contributed by atoms with Crippen LogP contribution in [0.2, 0.25) is 5.02 Å². The molecule has 0 aliphatic heterocycles. The maximum atomic E-state index is 12.9. The van der Waals surface area contributed by atoms with Gasteiger partial charge in [-0.2, -0.15) is 0 Å². The number of nitrogens with one attached hydrogen (secondary N) is 1. The third kappa shape index (κ3) is 3.12. The minimum Gasteiger partial charge on any atom is -0.345 e. The fourth-order valence-corrected chi connectivity index (χ4v) is 3.21. The summed E-state index contributed by atoms with van der Waals surface area (Å²) in [4.78, 5) is 17.5. The number of pyridine rings is 1. The first-order valence-corrected chi connectivity index (χ1v) is 8.74. The number of carbonyl (C=O) groups is 1. The molecule has 1 aromatic carbocycles. The van der Waals surface area contributed by atoms with Crippen LogP contribution in [0.4, 0.5) is 0 Å². The molecule has 1 saturated carbocycles. The van der Waals surface area contributed by atoms with Crippen molar-refractivity contribution in [2.24, 2.45) is 0 Å². The lowest BCUT2D eigenvalue weighted by Gasteiger charge is -2.15. The number of nitrogens with zero attached hydrogens (tertiary/aromatic N) is 2. The highest BCUT2D eigenvalue weighted by Crippen LogP contribution is 2.40. The largest absolute Gasteiger partial charge is 0.345 e. The summed E-state index contributed by atoms with van der Waals surface area (Å²) in [6.07, 6.45) is 2.21. The van der Waals surface area contributed by atoms with Crippen LogP contribution in [-0.2, 0) is 0 Å². The Bertz CT molecular complexity index is 962. The Kier molecular flexibility index (Phi) is 3.96. The number of aromatic nitrogens is 2. The quantitative estimate of drug-likeness (QED) is 0.745. The summed E-state index contributed by atoms with van der Waals surface area (Å²) in [5.41, 5.74) is 3.53. The van der Waals surface area contributed by atoms with E-state index in [9.17, 15) is 4.79 Å². The van der Waals surface area contributed by atoms with Gasteiger partial charge < -0.3 is 9.84 Å². The molecule has 5 nitrogen and oxygen atoms in total. The van der Waals surface area contributed by atoms with Crippen molar-refractivity contribution in [1.29, 1.82) is 0 Å². The van der Waals surface area contributed by atoms with Crippen LogP contribution < -0.4 is 5.32 Å². The summed E-state index contributed by atoms with van der Waals surface area (Å²) >= 11 is 6.05. The molecule has 1 aliphatic carbocycles. The van der Waals surface area contributed by atoms with Crippen LogP contribution in [-0.4, -0.2) is 16.0 Å². The Balaban J connectivity index is 1.68. The number of halogens is 1. The van der Waals surface area contributed by atoms with Crippen LogP contribution in [0.5, 0.6) is 0 Å². The first kappa shape index (κ1) is 16.1. The van der Waals surface area contributed by atoms with Gasteiger partial charge in [-0.1, -0.05) is 28.9 Å². The Morgan fingerprint density at radius 3 is 2.88 bits per heavy atom. The molecule has 1 aliphatic rings. The van der Waals surface area contributed by atoms with Crippen molar-refractivity contribution in [1.82, 2.24) is 15.5 Å². The number of hydrogen-bond acceptors (Lipinski definition) is 4. The van der Waals surface area contributed by atoms with E-state index < -0.39 is 0 Å². The van der Waals surface area contributed by atoms with Crippen LogP contribution in [0.1, 0.15) is 59.0 Å². The van der Waals surface area contributed by atoms with Crippen molar-refractivity contribution in [3.63, 3.8) is 0 Å². The van der Waals surface area contributed by atoms with Crippen molar-refractivity contribution in [3.8, 4) is 0 Å². The zero-order valence-electron chi connectivity index (χ0n) is 14.0. The second-order valence-corrected chi connectivity index (χ2v) is 7.00. The molecule has 0 saturated heterocycles. The van der Waals surface area contributed by atoms with Gasteiger partial charge in [0.05, 0.1) is 22.7 Å². The second-order valence-electron chi connectivity index (χ2n) is 6.57. The van der Waals surface area contributed by atoms with E-state index in [0.717, 1.165) is 24.1 Å². The highest BCUT2D eigenvalue weighted by molar-refractivity contribution is 6.30.